The zero-order valence-corrected chi connectivity index (χ0v) is 10.2. The summed E-state index contributed by atoms with van der Waals surface area (Å²) in [6.07, 6.45) is 5.66. The molecule has 1 saturated carbocycles. The summed E-state index contributed by atoms with van der Waals surface area (Å²) in [6.45, 7) is 1.11. The molecule has 0 aromatic heterocycles. The zero-order valence-electron chi connectivity index (χ0n) is 10.2. The molecular weight excluding hydrogens is 206 g/mol. The highest BCUT2D eigenvalue weighted by molar-refractivity contribution is 5.85. The molecular formula is C16H19N. The van der Waals surface area contributed by atoms with E-state index in [1.165, 1.54) is 42.1 Å². The van der Waals surface area contributed by atoms with Gasteiger partial charge in [0.2, 0.25) is 0 Å². The van der Waals surface area contributed by atoms with Crippen LogP contribution in [-0.2, 0) is 0 Å². The van der Waals surface area contributed by atoms with Crippen LogP contribution in [0.15, 0.2) is 42.5 Å². The minimum absolute atomic E-state index is 0.989. The number of benzene rings is 2. The van der Waals surface area contributed by atoms with Gasteiger partial charge in [-0.15, -0.1) is 0 Å². The van der Waals surface area contributed by atoms with Crippen molar-refractivity contribution in [2.45, 2.75) is 25.7 Å². The van der Waals surface area contributed by atoms with Crippen LogP contribution < -0.4 is 5.32 Å². The number of anilines is 1. The van der Waals surface area contributed by atoms with E-state index in [1.807, 2.05) is 0 Å². The molecule has 1 nitrogen and oxygen atoms in total. The Morgan fingerprint density at radius 2 is 1.82 bits per heavy atom. The van der Waals surface area contributed by atoms with Gasteiger partial charge in [-0.3, -0.25) is 0 Å². The molecule has 0 radical (unpaired) electrons. The van der Waals surface area contributed by atoms with Crippen molar-refractivity contribution in [3.63, 3.8) is 0 Å². The first-order valence-electron chi connectivity index (χ1n) is 6.64. The maximum absolute atomic E-state index is 3.54. The molecule has 1 heteroatoms. The van der Waals surface area contributed by atoms with Crippen molar-refractivity contribution in [2.75, 3.05) is 11.9 Å². The Hall–Kier alpha value is -1.50. The van der Waals surface area contributed by atoms with Gasteiger partial charge in [0.25, 0.3) is 0 Å². The quantitative estimate of drug-likeness (QED) is 0.811. The van der Waals surface area contributed by atoms with Gasteiger partial charge < -0.3 is 5.32 Å². The first kappa shape index (κ1) is 10.6. The average Bonchev–Trinajstić information content (AvgIpc) is 2.32. The van der Waals surface area contributed by atoms with Gasteiger partial charge >= 0.3 is 0 Å². The summed E-state index contributed by atoms with van der Waals surface area (Å²) >= 11 is 0. The minimum Gasteiger partial charge on any atom is -0.385 e. The molecule has 0 saturated heterocycles. The van der Waals surface area contributed by atoms with E-state index in [1.54, 1.807) is 0 Å². The van der Waals surface area contributed by atoms with Gasteiger partial charge in [0, 0.05) is 12.2 Å². The minimum atomic E-state index is 0.989. The lowest BCUT2D eigenvalue weighted by Crippen LogP contribution is -2.15. The Morgan fingerprint density at radius 1 is 1.00 bits per heavy atom. The van der Waals surface area contributed by atoms with Gasteiger partial charge in [-0.1, -0.05) is 49.6 Å². The van der Waals surface area contributed by atoms with Crippen molar-refractivity contribution >= 4 is 16.5 Å². The fraction of sp³-hybridized carbons (Fsp3) is 0.375. The molecule has 88 valence electrons. The second-order valence-corrected chi connectivity index (χ2v) is 5.07. The van der Waals surface area contributed by atoms with Crippen LogP contribution in [0.4, 0.5) is 5.69 Å². The second kappa shape index (κ2) is 4.79. The molecule has 0 unspecified atom stereocenters. The molecule has 17 heavy (non-hydrogen) atoms. The molecule has 0 spiro atoms. The van der Waals surface area contributed by atoms with E-state index < -0.39 is 0 Å². The van der Waals surface area contributed by atoms with Crippen molar-refractivity contribution in [3.8, 4) is 0 Å². The molecule has 0 atom stereocenters. The normalized spacial score (nSPS) is 15.8. The summed E-state index contributed by atoms with van der Waals surface area (Å²) in [5.74, 6) is 0.989. The summed E-state index contributed by atoms with van der Waals surface area (Å²) in [5, 5.41) is 6.17. The standard InChI is InChI=1S/C16H19N/c1-2-7-15-12-16(9-8-14(15)6-1)17-11-10-13-4-3-5-13/h1-2,6-9,12-13,17H,3-5,10-11H2. The van der Waals surface area contributed by atoms with Crippen molar-refractivity contribution < 1.29 is 0 Å². The number of rotatable bonds is 4. The predicted octanol–water partition coefficient (Wildman–Crippen LogP) is 4.44. The lowest BCUT2D eigenvalue weighted by Gasteiger charge is -2.25. The van der Waals surface area contributed by atoms with E-state index in [4.69, 9.17) is 0 Å². The van der Waals surface area contributed by atoms with Crippen LogP contribution in [0.2, 0.25) is 0 Å². The average molecular weight is 225 g/mol. The highest BCUT2D eigenvalue weighted by Crippen LogP contribution is 2.29. The summed E-state index contributed by atoms with van der Waals surface area (Å²) in [7, 11) is 0. The van der Waals surface area contributed by atoms with Crippen molar-refractivity contribution in [1.29, 1.82) is 0 Å². The fourth-order valence-electron chi connectivity index (χ4n) is 2.50. The maximum Gasteiger partial charge on any atom is 0.0346 e. The van der Waals surface area contributed by atoms with Gasteiger partial charge in [0.05, 0.1) is 0 Å². The number of hydrogen-bond donors (Lipinski definition) is 1. The second-order valence-electron chi connectivity index (χ2n) is 5.07. The summed E-state index contributed by atoms with van der Waals surface area (Å²) < 4.78 is 0. The van der Waals surface area contributed by atoms with Crippen LogP contribution in [0.1, 0.15) is 25.7 Å². The van der Waals surface area contributed by atoms with Gasteiger partial charge in [0.1, 0.15) is 0 Å². The first-order valence-corrected chi connectivity index (χ1v) is 6.64. The highest BCUT2D eigenvalue weighted by atomic mass is 14.9. The third-order valence-electron chi connectivity index (χ3n) is 3.86. The molecule has 0 amide bonds. The molecule has 0 bridgehead atoms. The van der Waals surface area contributed by atoms with Crippen molar-refractivity contribution in [2.24, 2.45) is 5.92 Å². The predicted molar refractivity (Wildman–Crippen MR) is 74.4 cm³/mol. The van der Waals surface area contributed by atoms with Crippen molar-refractivity contribution in [1.82, 2.24) is 0 Å². The molecule has 0 aliphatic heterocycles. The maximum atomic E-state index is 3.54. The zero-order chi connectivity index (χ0) is 11.5. The number of hydrogen-bond acceptors (Lipinski definition) is 1. The number of fused-ring (bicyclic) bond motifs is 1. The Bertz CT molecular complexity index is 500. The molecule has 1 N–H and O–H groups in total. The van der Waals surface area contributed by atoms with Crippen LogP contribution in [0.5, 0.6) is 0 Å². The van der Waals surface area contributed by atoms with Crippen LogP contribution in [0.25, 0.3) is 10.8 Å². The molecule has 2 aromatic carbocycles. The molecule has 1 aliphatic carbocycles. The van der Waals surface area contributed by atoms with Crippen LogP contribution in [-0.4, -0.2) is 6.54 Å². The Labute approximate surface area is 103 Å². The Kier molecular flexibility index (Phi) is 3.00. The van der Waals surface area contributed by atoms with Crippen LogP contribution in [0, 0.1) is 5.92 Å². The van der Waals surface area contributed by atoms with E-state index in [-0.39, 0.29) is 0 Å². The molecule has 0 heterocycles. The van der Waals surface area contributed by atoms with E-state index in [0.717, 1.165) is 12.5 Å². The smallest absolute Gasteiger partial charge is 0.0346 e. The molecule has 1 aliphatic rings. The first-order chi connectivity index (χ1) is 8.42. The third kappa shape index (κ3) is 2.44. The Morgan fingerprint density at radius 3 is 2.59 bits per heavy atom. The highest BCUT2D eigenvalue weighted by Gasteiger charge is 2.16. The van der Waals surface area contributed by atoms with Crippen LogP contribution in [0.3, 0.4) is 0 Å². The summed E-state index contributed by atoms with van der Waals surface area (Å²) in [6, 6.07) is 15.1. The monoisotopic (exact) mass is 225 g/mol. The Balaban J connectivity index is 1.63. The summed E-state index contributed by atoms with van der Waals surface area (Å²) in [4.78, 5) is 0. The van der Waals surface area contributed by atoms with E-state index >= 15 is 0 Å². The fourth-order valence-corrected chi connectivity index (χ4v) is 2.50. The third-order valence-corrected chi connectivity index (χ3v) is 3.86. The van der Waals surface area contributed by atoms with E-state index in [9.17, 15) is 0 Å². The molecule has 2 aromatic rings. The SMILES string of the molecule is c1ccc2cc(NCCC3CCC3)ccc2c1. The van der Waals surface area contributed by atoms with E-state index in [0.29, 0.717) is 0 Å². The van der Waals surface area contributed by atoms with Gasteiger partial charge in [-0.25, -0.2) is 0 Å². The van der Waals surface area contributed by atoms with Crippen molar-refractivity contribution in [3.05, 3.63) is 42.5 Å². The van der Waals surface area contributed by atoms with Crippen LogP contribution >= 0.6 is 0 Å². The summed E-state index contributed by atoms with van der Waals surface area (Å²) in [5.41, 5.74) is 1.25. The molecule has 3 rings (SSSR count). The molecule has 1 fully saturated rings. The topological polar surface area (TPSA) is 12.0 Å². The van der Waals surface area contributed by atoms with Gasteiger partial charge in [-0.05, 0) is 35.2 Å². The lowest BCUT2D eigenvalue weighted by molar-refractivity contribution is 0.303. The van der Waals surface area contributed by atoms with Gasteiger partial charge in [-0.2, -0.15) is 0 Å². The van der Waals surface area contributed by atoms with Gasteiger partial charge in [0.15, 0.2) is 0 Å². The largest absolute Gasteiger partial charge is 0.385 e. The van der Waals surface area contributed by atoms with E-state index in [2.05, 4.69) is 47.8 Å². The lowest BCUT2D eigenvalue weighted by atomic mass is 9.83. The number of nitrogens with one attached hydrogen (secondary N) is 1.